The summed E-state index contributed by atoms with van der Waals surface area (Å²) in [5.74, 6) is 0.166. The molecule has 0 fully saturated rings. The first-order valence-corrected chi connectivity index (χ1v) is 14.3. The predicted octanol–water partition coefficient (Wildman–Crippen LogP) is 6.59. The second-order valence-electron chi connectivity index (χ2n) is 8.92. The summed E-state index contributed by atoms with van der Waals surface area (Å²) in [6.45, 7) is 0.722. The van der Waals surface area contributed by atoms with Crippen LogP contribution in [0.4, 0.5) is 0 Å². The number of rotatable bonds is 11. The van der Waals surface area contributed by atoms with E-state index in [-0.39, 0.29) is 29.6 Å². The van der Waals surface area contributed by atoms with Crippen LogP contribution >= 0.6 is 22.7 Å². The van der Waals surface area contributed by atoms with Crippen molar-refractivity contribution in [3.63, 3.8) is 0 Å². The first kappa shape index (κ1) is 29.7. The van der Waals surface area contributed by atoms with Gasteiger partial charge >= 0.3 is 35.5 Å². The molecule has 0 saturated heterocycles. The Kier molecular flexibility index (Phi) is 9.83. The van der Waals surface area contributed by atoms with E-state index in [1.54, 1.807) is 22.7 Å². The quantitative estimate of drug-likeness (QED) is 0.101. The molecule has 4 aromatic carbocycles. The zero-order valence-electron chi connectivity index (χ0n) is 21.5. The van der Waals surface area contributed by atoms with Gasteiger partial charge in [0.05, 0.1) is 20.4 Å². The molecule has 0 spiro atoms. The number of para-hydroxylation sites is 2. The van der Waals surface area contributed by atoms with Crippen LogP contribution in [-0.2, 0) is 22.8 Å². The normalized spacial score (nSPS) is 11.2. The Hall–Kier alpha value is -3.80. The molecule has 0 aliphatic carbocycles. The molecule has 1 N–H and O–H groups in total. The Morgan fingerprint density at radius 1 is 0.738 bits per heavy atom. The van der Waals surface area contributed by atoms with Crippen LogP contribution in [0.25, 0.3) is 20.4 Å². The minimum absolute atomic E-state index is 0. The number of nitrogens with zero attached hydrogens (tertiary/aromatic N) is 3. The monoisotopic (exact) mass is 605 g/mol. The van der Waals surface area contributed by atoms with Crippen molar-refractivity contribution in [2.24, 2.45) is 5.16 Å². The topological polar surface area (TPSA) is 103 Å². The van der Waals surface area contributed by atoms with Gasteiger partial charge in [0.25, 0.3) is 0 Å². The number of carboxylic acid groups (broad SMARTS) is 1. The molecule has 6 rings (SSSR count). The van der Waals surface area contributed by atoms with Gasteiger partial charge in [-0.3, -0.25) is 0 Å². The maximum absolute atomic E-state index is 11.0. The number of oxime groups is 1. The summed E-state index contributed by atoms with van der Waals surface area (Å²) in [4.78, 5) is 25.8. The Labute approximate surface area is 271 Å². The molecule has 6 aromatic rings. The number of carboxylic acids is 1. The molecule has 0 unspecified atom stereocenters. The van der Waals surface area contributed by atoms with Gasteiger partial charge in [-0.25, -0.2) is 14.8 Å². The fraction of sp³-hybridized carbons (Fsp3) is 0.0968. The minimum atomic E-state index is -1.19. The number of aromatic nitrogens is 2. The molecule has 0 saturated carbocycles. The fourth-order valence-corrected chi connectivity index (χ4v) is 5.94. The van der Waals surface area contributed by atoms with E-state index in [4.69, 9.17) is 19.4 Å². The van der Waals surface area contributed by atoms with Crippen LogP contribution in [0.1, 0.15) is 27.2 Å². The first-order chi connectivity index (χ1) is 20.1. The van der Waals surface area contributed by atoms with Crippen molar-refractivity contribution in [3.05, 3.63) is 118 Å². The zero-order chi connectivity index (χ0) is 28.0. The van der Waals surface area contributed by atoms with E-state index in [0.717, 1.165) is 47.8 Å². The molecule has 2 heterocycles. The second kappa shape index (κ2) is 13.9. The van der Waals surface area contributed by atoms with Gasteiger partial charge in [0.1, 0.15) is 34.7 Å². The third-order valence-corrected chi connectivity index (χ3v) is 8.12. The molecule has 0 aliphatic rings. The van der Waals surface area contributed by atoms with Gasteiger partial charge in [0.2, 0.25) is 0 Å². The van der Waals surface area contributed by atoms with Crippen LogP contribution in [0.3, 0.4) is 0 Å². The van der Waals surface area contributed by atoms with Crippen LogP contribution in [0.15, 0.2) is 102 Å². The SMILES string of the molecule is O=C(O)C=NOC(c1ccc(OCc2nc3ccccc3s2)cc1)c1ccc(OCc2nc3ccccc3s2)cc1.[NaH]. The van der Waals surface area contributed by atoms with Crippen molar-refractivity contribution in [1.82, 2.24) is 9.97 Å². The molecule has 0 atom stereocenters. The Balaban J connectivity index is 0.00000353. The van der Waals surface area contributed by atoms with Crippen molar-refractivity contribution >= 4 is 84.8 Å². The molecular weight excluding hydrogens is 581 g/mol. The number of carbonyl (C=O) groups is 1. The standard InChI is InChI=1S/C31H23N3O5S2.Na.H/c35-30(36)17-32-39-31(20-9-13-22(14-10-20)37-18-28-33-24-5-1-3-7-26(24)40-28)21-11-15-23(16-12-21)38-19-29-34-25-6-2-4-8-27(25)41-29;;/h1-17,31H,18-19H2,(H,35,36);;. The summed E-state index contributed by atoms with van der Waals surface area (Å²) in [5.41, 5.74) is 3.48. The summed E-state index contributed by atoms with van der Waals surface area (Å²) < 4.78 is 14.1. The summed E-state index contributed by atoms with van der Waals surface area (Å²) in [6, 6.07) is 30.8. The van der Waals surface area contributed by atoms with Crippen LogP contribution in [0.5, 0.6) is 11.5 Å². The van der Waals surface area contributed by atoms with Gasteiger partial charge in [-0.1, -0.05) is 53.7 Å². The van der Waals surface area contributed by atoms with E-state index in [0.29, 0.717) is 24.7 Å². The summed E-state index contributed by atoms with van der Waals surface area (Å²) in [5, 5.41) is 14.4. The van der Waals surface area contributed by atoms with Crippen LogP contribution in [-0.4, -0.2) is 56.8 Å². The molecule has 42 heavy (non-hydrogen) atoms. The summed E-state index contributed by atoms with van der Waals surface area (Å²) in [6.07, 6.45) is 0.0834. The third kappa shape index (κ3) is 7.33. The molecule has 0 bridgehead atoms. The molecule has 206 valence electrons. The van der Waals surface area contributed by atoms with Crippen molar-refractivity contribution in [2.45, 2.75) is 19.3 Å². The molecule has 8 nitrogen and oxygen atoms in total. The third-order valence-electron chi connectivity index (χ3n) is 6.10. The van der Waals surface area contributed by atoms with Crippen molar-refractivity contribution in [2.75, 3.05) is 0 Å². The zero-order valence-corrected chi connectivity index (χ0v) is 23.2. The van der Waals surface area contributed by atoms with Crippen molar-refractivity contribution in [3.8, 4) is 11.5 Å². The number of thiazole rings is 2. The van der Waals surface area contributed by atoms with Gasteiger partial charge in [-0.2, -0.15) is 0 Å². The number of ether oxygens (including phenoxy) is 2. The van der Waals surface area contributed by atoms with Crippen LogP contribution in [0.2, 0.25) is 0 Å². The van der Waals surface area contributed by atoms with Crippen molar-refractivity contribution < 1.29 is 24.2 Å². The average Bonchev–Trinajstić information content (AvgIpc) is 3.61. The molecule has 0 aliphatic heterocycles. The number of benzene rings is 4. The van der Waals surface area contributed by atoms with Crippen LogP contribution in [0, 0.1) is 0 Å². The van der Waals surface area contributed by atoms with Crippen LogP contribution < -0.4 is 9.47 Å². The van der Waals surface area contributed by atoms with Gasteiger partial charge in [0, 0.05) is 0 Å². The Morgan fingerprint density at radius 2 is 1.19 bits per heavy atom. The van der Waals surface area contributed by atoms with Crippen molar-refractivity contribution in [1.29, 1.82) is 0 Å². The van der Waals surface area contributed by atoms with E-state index >= 15 is 0 Å². The molecular formula is C31H24N3NaO5S2. The van der Waals surface area contributed by atoms with E-state index < -0.39 is 12.1 Å². The van der Waals surface area contributed by atoms with E-state index in [2.05, 4.69) is 15.1 Å². The number of fused-ring (bicyclic) bond motifs is 2. The second-order valence-corrected chi connectivity index (χ2v) is 11.2. The van der Waals surface area contributed by atoms with Gasteiger partial charge in [-0.15, -0.1) is 22.7 Å². The molecule has 0 amide bonds. The van der Waals surface area contributed by atoms with Gasteiger partial charge in [-0.05, 0) is 59.7 Å². The Bertz CT molecular complexity index is 1630. The molecule has 0 radical (unpaired) electrons. The van der Waals surface area contributed by atoms with Gasteiger partial charge < -0.3 is 19.4 Å². The van der Waals surface area contributed by atoms with E-state index in [1.165, 1.54) is 0 Å². The number of hydrogen-bond donors (Lipinski definition) is 1. The number of aliphatic carboxylic acids is 1. The first-order valence-electron chi connectivity index (χ1n) is 12.7. The van der Waals surface area contributed by atoms with E-state index in [1.807, 2.05) is 97.1 Å². The Morgan fingerprint density at radius 3 is 1.62 bits per heavy atom. The van der Waals surface area contributed by atoms with E-state index in [9.17, 15) is 4.79 Å². The molecule has 2 aromatic heterocycles. The predicted molar refractivity (Wildman–Crippen MR) is 167 cm³/mol. The molecule has 11 heteroatoms. The summed E-state index contributed by atoms with van der Waals surface area (Å²) >= 11 is 3.21. The summed E-state index contributed by atoms with van der Waals surface area (Å²) in [7, 11) is 0. The average molecular weight is 606 g/mol. The maximum atomic E-state index is 11.0. The fourth-order valence-electron chi connectivity index (χ4n) is 4.18. The van der Waals surface area contributed by atoms with Gasteiger partial charge in [0.15, 0.2) is 12.3 Å². The number of hydrogen-bond acceptors (Lipinski definition) is 9.